The fraction of sp³-hybridized carbons (Fsp3) is 0.500. The van der Waals surface area contributed by atoms with E-state index >= 15 is 0 Å². The molecule has 18 heavy (non-hydrogen) atoms. The van der Waals surface area contributed by atoms with Gasteiger partial charge in [-0.25, -0.2) is 0 Å². The Balaban J connectivity index is 2.00. The minimum atomic E-state index is -4.09. The Hall–Kier alpha value is -0.940. The highest BCUT2D eigenvalue weighted by Gasteiger charge is 2.25. The van der Waals surface area contributed by atoms with Crippen LogP contribution in [0.5, 0.6) is 0 Å². The molecule has 0 aliphatic heterocycles. The van der Waals surface area contributed by atoms with Crippen molar-refractivity contribution in [3.05, 3.63) is 29.3 Å². The highest BCUT2D eigenvalue weighted by molar-refractivity contribution is 6.30. The van der Waals surface area contributed by atoms with E-state index < -0.39 is 12.6 Å². The lowest BCUT2D eigenvalue weighted by molar-refractivity contribution is -0.137. The van der Waals surface area contributed by atoms with E-state index in [1.165, 1.54) is 0 Å². The van der Waals surface area contributed by atoms with E-state index in [-0.39, 0.29) is 13.0 Å². The van der Waals surface area contributed by atoms with Gasteiger partial charge in [-0.2, -0.15) is 13.2 Å². The summed E-state index contributed by atoms with van der Waals surface area (Å²) >= 11 is 5.72. The number of halogens is 4. The molecule has 0 saturated carbocycles. The van der Waals surface area contributed by atoms with Crippen LogP contribution in [0.3, 0.4) is 0 Å². The van der Waals surface area contributed by atoms with Crippen molar-refractivity contribution < 1.29 is 17.9 Å². The summed E-state index contributed by atoms with van der Waals surface area (Å²) in [6.45, 7) is 1.05. The van der Waals surface area contributed by atoms with Crippen LogP contribution in [0.2, 0.25) is 5.02 Å². The first-order chi connectivity index (χ1) is 8.47. The van der Waals surface area contributed by atoms with Gasteiger partial charge >= 0.3 is 6.18 Å². The molecule has 1 aromatic carbocycles. The van der Waals surface area contributed by atoms with Crippen LogP contribution in [0.1, 0.15) is 12.8 Å². The molecule has 0 aliphatic carbocycles. The Morgan fingerprint density at radius 2 is 1.78 bits per heavy atom. The van der Waals surface area contributed by atoms with Crippen molar-refractivity contribution in [3.8, 4) is 0 Å². The van der Waals surface area contributed by atoms with Gasteiger partial charge in [0.2, 0.25) is 0 Å². The number of benzene rings is 1. The predicted octanol–water partition coefficient (Wildman–Crippen LogP) is 4.11. The first-order valence-electron chi connectivity index (χ1n) is 5.61. The number of nitrogens with one attached hydrogen (secondary N) is 1. The maximum absolute atomic E-state index is 11.8. The highest BCUT2D eigenvalue weighted by atomic mass is 35.5. The lowest BCUT2D eigenvalue weighted by atomic mass is 10.3. The molecule has 0 amide bonds. The minimum absolute atomic E-state index is 0.00441. The van der Waals surface area contributed by atoms with Crippen LogP contribution < -0.4 is 5.32 Å². The van der Waals surface area contributed by atoms with E-state index in [2.05, 4.69) is 5.32 Å². The Kier molecular flexibility index (Phi) is 6.29. The molecular weight excluding hydrogens is 267 g/mol. The van der Waals surface area contributed by atoms with Gasteiger partial charge in [0, 0.05) is 30.3 Å². The third-order valence-electron chi connectivity index (χ3n) is 2.17. The van der Waals surface area contributed by atoms with Crippen LogP contribution in [0, 0.1) is 0 Å². The highest BCUT2D eigenvalue weighted by Crippen LogP contribution is 2.20. The lowest BCUT2D eigenvalue weighted by Gasteiger charge is -2.08. The number of ether oxygens (including phenoxy) is 1. The fourth-order valence-corrected chi connectivity index (χ4v) is 1.44. The molecule has 2 nitrogen and oxygen atoms in total. The molecule has 0 aliphatic rings. The van der Waals surface area contributed by atoms with Crippen LogP contribution in [0.4, 0.5) is 18.9 Å². The second kappa shape index (κ2) is 7.48. The summed E-state index contributed by atoms with van der Waals surface area (Å²) < 4.78 is 40.5. The molecule has 0 saturated heterocycles. The second-order valence-electron chi connectivity index (χ2n) is 3.76. The fourth-order valence-electron chi connectivity index (χ4n) is 1.31. The molecule has 0 atom stereocenters. The Morgan fingerprint density at radius 3 is 2.39 bits per heavy atom. The number of alkyl halides is 3. The number of hydrogen-bond donors (Lipinski definition) is 1. The van der Waals surface area contributed by atoms with Crippen molar-refractivity contribution in [1.29, 1.82) is 0 Å². The van der Waals surface area contributed by atoms with E-state index in [4.69, 9.17) is 16.3 Å². The zero-order valence-electron chi connectivity index (χ0n) is 9.77. The summed E-state index contributed by atoms with van der Waals surface area (Å²) in [5, 5.41) is 3.73. The van der Waals surface area contributed by atoms with Crippen molar-refractivity contribution in [2.45, 2.75) is 19.0 Å². The number of rotatable bonds is 7. The van der Waals surface area contributed by atoms with E-state index in [1.54, 1.807) is 12.1 Å². The average molecular weight is 282 g/mol. The quantitative estimate of drug-likeness (QED) is 0.760. The zero-order chi connectivity index (χ0) is 13.4. The molecule has 0 heterocycles. The molecule has 0 aromatic heterocycles. The van der Waals surface area contributed by atoms with Gasteiger partial charge in [-0.3, -0.25) is 0 Å². The molecular formula is C12H15ClF3NO. The standard InChI is InChI=1S/C12H15ClF3NO/c13-10-2-4-11(5-3-10)17-7-9-18-8-1-6-12(14,15)16/h2-5,17H,1,6-9H2. The van der Waals surface area contributed by atoms with Gasteiger partial charge in [0.25, 0.3) is 0 Å². The maximum Gasteiger partial charge on any atom is 0.389 e. The Labute approximate surface area is 109 Å². The van der Waals surface area contributed by atoms with E-state index in [9.17, 15) is 13.2 Å². The van der Waals surface area contributed by atoms with Crippen molar-refractivity contribution in [2.75, 3.05) is 25.1 Å². The van der Waals surface area contributed by atoms with Crippen molar-refractivity contribution in [2.24, 2.45) is 0 Å². The summed E-state index contributed by atoms with van der Waals surface area (Å²) in [6.07, 6.45) is -4.88. The van der Waals surface area contributed by atoms with Gasteiger partial charge in [0.1, 0.15) is 0 Å². The van der Waals surface area contributed by atoms with Crippen molar-refractivity contribution >= 4 is 17.3 Å². The first kappa shape index (κ1) is 15.1. The molecule has 0 radical (unpaired) electrons. The van der Waals surface area contributed by atoms with E-state index in [1.807, 2.05) is 12.1 Å². The van der Waals surface area contributed by atoms with Gasteiger partial charge in [-0.1, -0.05) is 11.6 Å². The topological polar surface area (TPSA) is 21.3 Å². The summed E-state index contributed by atoms with van der Waals surface area (Å²) in [6, 6.07) is 7.17. The molecule has 102 valence electrons. The Morgan fingerprint density at radius 1 is 1.11 bits per heavy atom. The monoisotopic (exact) mass is 281 g/mol. The molecule has 1 N–H and O–H groups in total. The zero-order valence-corrected chi connectivity index (χ0v) is 10.5. The van der Waals surface area contributed by atoms with Gasteiger partial charge < -0.3 is 10.1 Å². The molecule has 0 unspecified atom stereocenters. The first-order valence-corrected chi connectivity index (χ1v) is 5.99. The van der Waals surface area contributed by atoms with Crippen LogP contribution in [-0.4, -0.2) is 25.9 Å². The molecule has 6 heteroatoms. The van der Waals surface area contributed by atoms with Gasteiger partial charge in [0.05, 0.1) is 6.61 Å². The van der Waals surface area contributed by atoms with Crippen LogP contribution in [0.25, 0.3) is 0 Å². The third-order valence-corrected chi connectivity index (χ3v) is 2.42. The SMILES string of the molecule is FC(F)(F)CCCOCCNc1ccc(Cl)cc1. The third kappa shape index (κ3) is 7.40. The summed E-state index contributed by atoms with van der Waals surface area (Å²) in [5.74, 6) is 0. The summed E-state index contributed by atoms with van der Waals surface area (Å²) in [4.78, 5) is 0. The van der Waals surface area contributed by atoms with Gasteiger partial charge in [-0.05, 0) is 30.7 Å². The second-order valence-corrected chi connectivity index (χ2v) is 4.20. The average Bonchev–Trinajstić information content (AvgIpc) is 2.29. The van der Waals surface area contributed by atoms with Crippen molar-refractivity contribution in [1.82, 2.24) is 0 Å². The maximum atomic E-state index is 11.8. The minimum Gasteiger partial charge on any atom is -0.383 e. The predicted molar refractivity (Wildman–Crippen MR) is 66.0 cm³/mol. The van der Waals surface area contributed by atoms with Gasteiger partial charge in [0.15, 0.2) is 0 Å². The summed E-state index contributed by atoms with van der Waals surface area (Å²) in [5.41, 5.74) is 0.901. The molecule has 0 bridgehead atoms. The normalized spacial score (nSPS) is 11.6. The molecule has 1 aromatic rings. The van der Waals surface area contributed by atoms with Crippen LogP contribution >= 0.6 is 11.6 Å². The van der Waals surface area contributed by atoms with E-state index in [0.717, 1.165) is 5.69 Å². The molecule has 1 rings (SSSR count). The number of hydrogen-bond acceptors (Lipinski definition) is 2. The van der Waals surface area contributed by atoms with Crippen LogP contribution in [-0.2, 0) is 4.74 Å². The van der Waals surface area contributed by atoms with Gasteiger partial charge in [-0.15, -0.1) is 0 Å². The van der Waals surface area contributed by atoms with Crippen LogP contribution in [0.15, 0.2) is 24.3 Å². The molecule has 0 fully saturated rings. The lowest BCUT2D eigenvalue weighted by Crippen LogP contribution is -2.12. The summed E-state index contributed by atoms with van der Waals surface area (Å²) in [7, 11) is 0. The Bertz CT molecular complexity index is 340. The van der Waals surface area contributed by atoms with Crippen molar-refractivity contribution in [3.63, 3.8) is 0 Å². The smallest absolute Gasteiger partial charge is 0.383 e. The molecule has 0 spiro atoms. The largest absolute Gasteiger partial charge is 0.389 e. The number of anilines is 1. The van der Waals surface area contributed by atoms with E-state index in [0.29, 0.717) is 18.2 Å².